The van der Waals surface area contributed by atoms with E-state index in [4.69, 9.17) is 10.00 Å². The molecule has 0 aromatic heterocycles. The molecule has 5 nitrogen and oxygen atoms in total. The predicted molar refractivity (Wildman–Crippen MR) is 102 cm³/mol. The van der Waals surface area contributed by atoms with Crippen LogP contribution in [-0.4, -0.2) is 29.9 Å². The van der Waals surface area contributed by atoms with E-state index in [0.717, 1.165) is 11.1 Å². The number of nitrogens with zero attached hydrogens (tertiary/aromatic N) is 2. The van der Waals surface area contributed by atoms with Crippen LogP contribution < -0.4 is 0 Å². The van der Waals surface area contributed by atoms with Crippen LogP contribution in [0.15, 0.2) is 60.7 Å². The Morgan fingerprint density at radius 3 is 2.19 bits per heavy atom. The molecule has 0 saturated heterocycles. The first kappa shape index (κ1) is 20.2. The van der Waals surface area contributed by atoms with Gasteiger partial charge in [-0.15, -0.1) is 0 Å². The summed E-state index contributed by atoms with van der Waals surface area (Å²) in [5.74, 6) is -0.520. The van der Waals surface area contributed by atoms with Gasteiger partial charge in [-0.2, -0.15) is 5.26 Å². The SMILES string of the molecule is N#CCCN(Cc1ccccc1)C(=O)CCC(=O)OCCc1ccccc1. The normalized spacial score (nSPS) is 10.0. The van der Waals surface area contributed by atoms with Crippen LogP contribution >= 0.6 is 0 Å². The predicted octanol–water partition coefficient (Wildman–Crippen LogP) is 3.49. The van der Waals surface area contributed by atoms with Gasteiger partial charge in [0, 0.05) is 25.9 Å². The molecule has 0 heterocycles. The molecule has 0 aliphatic heterocycles. The van der Waals surface area contributed by atoms with Crippen molar-refractivity contribution in [1.82, 2.24) is 4.90 Å². The number of hydrogen-bond donors (Lipinski definition) is 0. The smallest absolute Gasteiger partial charge is 0.306 e. The molecule has 5 heteroatoms. The van der Waals surface area contributed by atoms with Crippen molar-refractivity contribution in [1.29, 1.82) is 5.26 Å². The van der Waals surface area contributed by atoms with Gasteiger partial charge in [0.05, 0.1) is 25.5 Å². The quantitative estimate of drug-likeness (QED) is 0.605. The number of esters is 1. The molecule has 27 heavy (non-hydrogen) atoms. The largest absolute Gasteiger partial charge is 0.465 e. The number of carbonyl (C=O) groups is 2. The van der Waals surface area contributed by atoms with Crippen LogP contribution in [0.4, 0.5) is 0 Å². The summed E-state index contributed by atoms with van der Waals surface area (Å²) in [6.45, 7) is 1.09. The van der Waals surface area contributed by atoms with Gasteiger partial charge in [0.15, 0.2) is 0 Å². The zero-order valence-corrected chi connectivity index (χ0v) is 15.3. The maximum atomic E-state index is 12.5. The van der Waals surface area contributed by atoms with Crippen molar-refractivity contribution in [3.05, 3.63) is 71.8 Å². The zero-order chi connectivity index (χ0) is 19.3. The molecule has 1 amide bonds. The lowest BCUT2D eigenvalue weighted by Gasteiger charge is -2.21. The Morgan fingerprint density at radius 2 is 1.56 bits per heavy atom. The summed E-state index contributed by atoms with van der Waals surface area (Å²) < 4.78 is 5.21. The summed E-state index contributed by atoms with van der Waals surface area (Å²) in [7, 11) is 0. The molecule has 2 aromatic rings. The molecule has 0 atom stereocenters. The molecule has 140 valence electrons. The first-order valence-electron chi connectivity index (χ1n) is 9.07. The molecule has 0 aliphatic carbocycles. The number of nitriles is 1. The number of carbonyl (C=O) groups excluding carboxylic acids is 2. The maximum absolute atomic E-state index is 12.5. The van der Waals surface area contributed by atoms with Crippen LogP contribution in [0.5, 0.6) is 0 Å². The van der Waals surface area contributed by atoms with Crippen molar-refractivity contribution in [2.45, 2.75) is 32.2 Å². The van der Waals surface area contributed by atoms with Gasteiger partial charge in [-0.05, 0) is 11.1 Å². The van der Waals surface area contributed by atoms with E-state index in [9.17, 15) is 9.59 Å². The fourth-order valence-corrected chi connectivity index (χ4v) is 2.65. The topological polar surface area (TPSA) is 70.4 Å². The first-order chi connectivity index (χ1) is 13.2. The summed E-state index contributed by atoms with van der Waals surface area (Å²) in [5.41, 5.74) is 2.10. The number of benzene rings is 2. The minimum Gasteiger partial charge on any atom is -0.465 e. The standard InChI is InChI=1S/C22H24N2O3/c23-15-7-16-24(18-20-10-5-2-6-11-20)21(25)12-13-22(26)27-17-14-19-8-3-1-4-9-19/h1-6,8-11H,7,12-14,16-18H2. The number of hydrogen-bond acceptors (Lipinski definition) is 4. The average molecular weight is 364 g/mol. The van der Waals surface area contributed by atoms with E-state index in [1.54, 1.807) is 4.90 Å². The second-order valence-electron chi connectivity index (χ2n) is 6.17. The second kappa shape index (κ2) is 11.5. The second-order valence-corrected chi connectivity index (χ2v) is 6.17. The molecule has 2 rings (SSSR count). The number of rotatable bonds is 10. The summed E-state index contributed by atoms with van der Waals surface area (Å²) in [6.07, 6.45) is 1.05. The van der Waals surface area contributed by atoms with Crippen molar-refractivity contribution in [3.8, 4) is 6.07 Å². The Balaban J connectivity index is 1.76. The third-order valence-corrected chi connectivity index (χ3v) is 4.10. The van der Waals surface area contributed by atoms with Crippen LogP contribution in [0.25, 0.3) is 0 Å². The molecule has 0 saturated carbocycles. The van der Waals surface area contributed by atoms with Crippen LogP contribution in [0, 0.1) is 11.3 Å². The third kappa shape index (κ3) is 7.74. The van der Waals surface area contributed by atoms with Gasteiger partial charge in [0.2, 0.25) is 5.91 Å². The summed E-state index contributed by atoms with van der Waals surface area (Å²) in [6, 6.07) is 21.4. The monoisotopic (exact) mass is 364 g/mol. The van der Waals surface area contributed by atoms with Crippen LogP contribution in [0.2, 0.25) is 0 Å². The van der Waals surface area contributed by atoms with Gasteiger partial charge in [0.1, 0.15) is 0 Å². The summed E-state index contributed by atoms with van der Waals surface area (Å²) in [4.78, 5) is 26.0. The Morgan fingerprint density at radius 1 is 0.926 bits per heavy atom. The van der Waals surface area contributed by atoms with Gasteiger partial charge in [0.25, 0.3) is 0 Å². The van der Waals surface area contributed by atoms with E-state index in [0.29, 0.717) is 26.1 Å². The molecule has 2 aromatic carbocycles. The third-order valence-electron chi connectivity index (χ3n) is 4.10. The van der Waals surface area contributed by atoms with Crippen molar-refractivity contribution < 1.29 is 14.3 Å². The highest BCUT2D eigenvalue weighted by molar-refractivity contribution is 5.81. The van der Waals surface area contributed by atoms with Gasteiger partial charge >= 0.3 is 5.97 Å². The Labute approximate surface area is 160 Å². The molecular weight excluding hydrogens is 340 g/mol. The Hall–Kier alpha value is -3.13. The van der Waals surface area contributed by atoms with Gasteiger partial charge in [-0.3, -0.25) is 9.59 Å². The molecule has 0 spiro atoms. The van der Waals surface area contributed by atoms with E-state index in [-0.39, 0.29) is 31.1 Å². The Kier molecular flexibility index (Phi) is 8.58. The molecular formula is C22H24N2O3. The molecule has 0 unspecified atom stereocenters. The average Bonchev–Trinajstić information content (AvgIpc) is 2.71. The summed E-state index contributed by atoms with van der Waals surface area (Å²) >= 11 is 0. The fourth-order valence-electron chi connectivity index (χ4n) is 2.65. The van der Waals surface area contributed by atoms with E-state index >= 15 is 0 Å². The highest BCUT2D eigenvalue weighted by Gasteiger charge is 2.16. The lowest BCUT2D eigenvalue weighted by atomic mass is 10.2. The highest BCUT2D eigenvalue weighted by atomic mass is 16.5. The van der Waals surface area contributed by atoms with Crippen molar-refractivity contribution in [2.24, 2.45) is 0 Å². The summed E-state index contributed by atoms with van der Waals surface area (Å²) in [5, 5.41) is 8.81. The zero-order valence-electron chi connectivity index (χ0n) is 15.3. The van der Waals surface area contributed by atoms with E-state index < -0.39 is 0 Å². The van der Waals surface area contributed by atoms with Crippen molar-refractivity contribution >= 4 is 11.9 Å². The lowest BCUT2D eigenvalue weighted by Crippen LogP contribution is -2.31. The Bertz CT molecular complexity index is 754. The first-order valence-corrected chi connectivity index (χ1v) is 9.07. The molecule has 0 aliphatic rings. The van der Waals surface area contributed by atoms with Gasteiger partial charge in [-0.1, -0.05) is 60.7 Å². The van der Waals surface area contributed by atoms with Gasteiger partial charge < -0.3 is 9.64 Å². The maximum Gasteiger partial charge on any atom is 0.306 e. The molecule has 0 radical (unpaired) electrons. The number of amides is 1. The van der Waals surface area contributed by atoms with Crippen LogP contribution in [0.3, 0.4) is 0 Å². The van der Waals surface area contributed by atoms with Gasteiger partial charge in [-0.25, -0.2) is 0 Å². The lowest BCUT2D eigenvalue weighted by molar-refractivity contribution is -0.146. The van der Waals surface area contributed by atoms with E-state index in [1.165, 1.54) is 0 Å². The minimum atomic E-state index is -0.376. The van der Waals surface area contributed by atoms with Crippen LogP contribution in [0.1, 0.15) is 30.4 Å². The molecule has 0 N–H and O–H groups in total. The van der Waals surface area contributed by atoms with Crippen molar-refractivity contribution in [3.63, 3.8) is 0 Å². The minimum absolute atomic E-state index is 0.0471. The molecule has 0 bridgehead atoms. The van der Waals surface area contributed by atoms with Crippen LogP contribution in [-0.2, 0) is 27.3 Å². The molecule has 0 fully saturated rings. The van der Waals surface area contributed by atoms with Crippen molar-refractivity contribution in [2.75, 3.05) is 13.2 Å². The van der Waals surface area contributed by atoms with E-state index in [2.05, 4.69) is 6.07 Å². The van der Waals surface area contributed by atoms with E-state index in [1.807, 2.05) is 60.7 Å². The highest BCUT2D eigenvalue weighted by Crippen LogP contribution is 2.09. The fraction of sp³-hybridized carbons (Fsp3) is 0.318. The number of ether oxygens (including phenoxy) is 1.